The van der Waals surface area contributed by atoms with Crippen LogP contribution >= 0.6 is 0 Å². The summed E-state index contributed by atoms with van der Waals surface area (Å²) in [6.07, 6.45) is 0.727. The van der Waals surface area contributed by atoms with E-state index < -0.39 is 15.8 Å². The minimum atomic E-state index is -3.48. The van der Waals surface area contributed by atoms with E-state index >= 15 is 0 Å². The highest BCUT2D eigenvalue weighted by molar-refractivity contribution is 7.89. The van der Waals surface area contributed by atoms with E-state index in [1.807, 2.05) is 0 Å². The molecule has 1 heterocycles. The largest absolute Gasteiger partial charge is 0.457 e. The predicted octanol–water partition coefficient (Wildman–Crippen LogP) is 3.30. The molecule has 1 aromatic heterocycles. The van der Waals surface area contributed by atoms with Gasteiger partial charge in [-0.05, 0) is 79.7 Å². The molecule has 4 rings (SSSR count). The highest BCUT2D eigenvalue weighted by atomic mass is 32.2. The van der Waals surface area contributed by atoms with E-state index in [0.29, 0.717) is 35.0 Å². The summed E-state index contributed by atoms with van der Waals surface area (Å²) in [6, 6.07) is 20.3. The van der Waals surface area contributed by atoms with Crippen molar-refractivity contribution >= 4 is 21.6 Å². The van der Waals surface area contributed by atoms with Gasteiger partial charge in [-0.3, -0.25) is 14.3 Å². The van der Waals surface area contributed by atoms with Gasteiger partial charge in [0.05, 0.1) is 4.90 Å². The van der Waals surface area contributed by atoms with Gasteiger partial charge in [0, 0.05) is 17.7 Å². The lowest BCUT2D eigenvalue weighted by Crippen LogP contribution is -2.18. The lowest BCUT2D eigenvalue weighted by molar-refractivity contribution is -0.116. The van der Waals surface area contributed by atoms with Crippen LogP contribution in [-0.2, 0) is 21.2 Å². The molecule has 11 heteroatoms. The predicted molar refractivity (Wildman–Crippen MR) is 129 cm³/mol. The Morgan fingerprint density at radius 2 is 1.60 bits per heavy atom. The van der Waals surface area contributed by atoms with Crippen LogP contribution in [0.1, 0.15) is 12.0 Å². The van der Waals surface area contributed by atoms with Crippen LogP contribution in [0.4, 0.5) is 5.69 Å². The van der Waals surface area contributed by atoms with Gasteiger partial charge < -0.3 is 10.1 Å². The Morgan fingerprint density at radius 3 is 2.17 bits per heavy atom. The second-order valence-corrected chi connectivity index (χ2v) is 9.38. The minimum Gasteiger partial charge on any atom is -0.457 e. The lowest BCUT2D eigenvalue weighted by Gasteiger charge is -2.09. The molecule has 0 spiro atoms. The number of amides is 1. The first-order chi connectivity index (χ1) is 16.8. The molecule has 0 aliphatic heterocycles. The number of aryl methyl sites for hydroxylation is 1. The normalized spacial score (nSPS) is 11.2. The molecule has 0 aliphatic carbocycles. The maximum absolute atomic E-state index is 12.3. The number of carbonyl (C=O) groups excluding carboxylic acids is 1. The number of nitrogens with one attached hydrogen (secondary N) is 3. The highest BCUT2D eigenvalue weighted by Gasteiger charge is 2.11. The molecule has 35 heavy (non-hydrogen) atoms. The average molecular weight is 495 g/mol. The first kappa shape index (κ1) is 23.9. The summed E-state index contributed by atoms with van der Waals surface area (Å²) >= 11 is 0. The van der Waals surface area contributed by atoms with E-state index in [1.165, 1.54) is 19.2 Å². The Balaban J connectivity index is 1.28. The number of hydrogen-bond donors (Lipinski definition) is 3. The number of sulfonamides is 1. The Kier molecular flexibility index (Phi) is 7.09. The zero-order chi connectivity index (χ0) is 24.8. The number of H-pyrrole nitrogens is 1. The fourth-order valence-electron chi connectivity index (χ4n) is 3.21. The standard InChI is InChI=1S/C24H22N4O6S/c1-25-35(31,32)21-13-2-16(3-14-21)4-15-22(29)26-18-7-11-20(12-8-18)33-19-9-5-17(6-10-19)23-27-24(30)34-28-23/h2-3,5-14,25H,4,15H2,1H3,(H,26,29)(H,27,28,30). The number of anilines is 1. The van der Waals surface area contributed by atoms with E-state index in [1.54, 1.807) is 60.7 Å². The molecule has 1 amide bonds. The molecule has 3 N–H and O–H groups in total. The van der Waals surface area contributed by atoms with Gasteiger partial charge in [0.25, 0.3) is 0 Å². The van der Waals surface area contributed by atoms with E-state index in [4.69, 9.17) is 4.74 Å². The number of ether oxygens (including phenoxy) is 1. The molecular formula is C24H22N4O6S. The van der Waals surface area contributed by atoms with E-state index in [2.05, 4.69) is 24.7 Å². The Morgan fingerprint density at radius 1 is 0.971 bits per heavy atom. The fraction of sp³-hybridized carbons (Fsp3) is 0.125. The zero-order valence-corrected chi connectivity index (χ0v) is 19.5. The molecular weight excluding hydrogens is 472 g/mol. The Labute approximate surface area is 201 Å². The van der Waals surface area contributed by atoms with Crippen LogP contribution in [0.5, 0.6) is 11.5 Å². The zero-order valence-electron chi connectivity index (χ0n) is 18.6. The van der Waals surface area contributed by atoms with Crippen molar-refractivity contribution in [2.24, 2.45) is 0 Å². The van der Waals surface area contributed by atoms with Crippen LogP contribution in [-0.4, -0.2) is 31.5 Å². The Bertz CT molecular complexity index is 1460. The van der Waals surface area contributed by atoms with Gasteiger partial charge in [-0.15, -0.1) is 0 Å². The molecule has 0 radical (unpaired) electrons. The Hall–Kier alpha value is -4.22. The van der Waals surface area contributed by atoms with Crippen molar-refractivity contribution < 1.29 is 22.5 Å². The summed E-state index contributed by atoms with van der Waals surface area (Å²) in [4.78, 5) is 26.0. The molecule has 180 valence electrons. The van der Waals surface area contributed by atoms with Crippen LogP contribution < -0.4 is 20.5 Å². The molecule has 0 saturated carbocycles. The topological polar surface area (TPSA) is 143 Å². The monoisotopic (exact) mass is 494 g/mol. The average Bonchev–Trinajstić information content (AvgIpc) is 3.31. The number of aromatic amines is 1. The van der Waals surface area contributed by atoms with Crippen molar-refractivity contribution in [3.8, 4) is 22.9 Å². The maximum atomic E-state index is 12.3. The van der Waals surface area contributed by atoms with Gasteiger partial charge in [-0.25, -0.2) is 17.9 Å². The van der Waals surface area contributed by atoms with Crippen molar-refractivity contribution in [1.29, 1.82) is 0 Å². The van der Waals surface area contributed by atoms with Gasteiger partial charge in [0.2, 0.25) is 15.9 Å². The van der Waals surface area contributed by atoms with Crippen LogP contribution in [0.15, 0.2) is 87.0 Å². The summed E-state index contributed by atoms with van der Waals surface area (Å²) in [7, 11) is -2.12. The van der Waals surface area contributed by atoms with Crippen molar-refractivity contribution in [3.05, 3.63) is 88.9 Å². The summed E-state index contributed by atoms with van der Waals surface area (Å²) < 4.78 is 36.1. The lowest BCUT2D eigenvalue weighted by atomic mass is 10.1. The first-order valence-corrected chi connectivity index (χ1v) is 12.1. The molecule has 10 nitrogen and oxygen atoms in total. The van der Waals surface area contributed by atoms with Crippen LogP contribution in [0.25, 0.3) is 11.4 Å². The molecule has 0 fully saturated rings. The second-order valence-electron chi connectivity index (χ2n) is 7.49. The van der Waals surface area contributed by atoms with E-state index in [-0.39, 0.29) is 17.2 Å². The van der Waals surface area contributed by atoms with Gasteiger partial charge in [0.1, 0.15) is 11.5 Å². The summed E-state index contributed by atoms with van der Waals surface area (Å²) in [5.74, 6) is 0.726. The molecule has 0 unspecified atom stereocenters. The number of hydrogen-bond acceptors (Lipinski definition) is 7. The van der Waals surface area contributed by atoms with Crippen LogP contribution in [0, 0.1) is 0 Å². The van der Waals surface area contributed by atoms with E-state index in [9.17, 15) is 18.0 Å². The molecule has 0 bridgehead atoms. The number of rotatable bonds is 9. The van der Waals surface area contributed by atoms with Crippen LogP contribution in [0.3, 0.4) is 0 Å². The molecule has 4 aromatic rings. The van der Waals surface area contributed by atoms with E-state index in [0.717, 1.165) is 5.56 Å². The van der Waals surface area contributed by atoms with Crippen molar-refractivity contribution in [2.45, 2.75) is 17.7 Å². The number of aromatic nitrogens is 2. The van der Waals surface area contributed by atoms with Crippen molar-refractivity contribution in [2.75, 3.05) is 12.4 Å². The summed E-state index contributed by atoms with van der Waals surface area (Å²) in [5.41, 5.74) is 2.17. The third-order valence-corrected chi connectivity index (χ3v) is 6.52. The SMILES string of the molecule is CNS(=O)(=O)c1ccc(CCC(=O)Nc2ccc(Oc3ccc(-c4noc(=O)[nH]4)cc3)cc2)cc1. The summed E-state index contributed by atoms with van der Waals surface area (Å²) in [5, 5.41) is 6.47. The number of nitrogens with zero attached hydrogens (tertiary/aromatic N) is 1. The second kappa shape index (κ2) is 10.4. The summed E-state index contributed by atoms with van der Waals surface area (Å²) in [6.45, 7) is 0. The van der Waals surface area contributed by atoms with Crippen LogP contribution in [0.2, 0.25) is 0 Å². The number of benzene rings is 3. The minimum absolute atomic E-state index is 0.160. The molecule has 0 saturated heterocycles. The van der Waals surface area contributed by atoms with Crippen molar-refractivity contribution in [1.82, 2.24) is 14.9 Å². The maximum Gasteiger partial charge on any atom is 0.439 e. The third-order valence-electron chi connectivity index (χ3n) is 5.08. The highest BCUT2D eigenvalue weighted by Crippen LogP contribution is 2.25. The van der Waals surface area contributed by atoms with Gasteiger partial charge in [-0.1, -0.05) is 17.3 Å². The van der Waals surface area contributed by atoms with Crippen molar-refractivity contribution in [3.63, 3.8) is 0 Å². The van der Waals surface area contributed by atoms with Gasteiger partial charge in [0.15, 0.2) is 5.82 Å². The third kappa shape index (κ3) is 6.22. The van der Waals surface area contributed by atoms with Gasteiger partial charge >= 0.3 is 5.76 Å². The van der Waals surface area contributed by atoms with Gasteiger partial charge in [-0.2, -0.15) is 0 Å². The quantitative estimate of drug-likeness (QED) is 0.324. The smallest absolute Gasteiger partial charge is 0.439 e. The molecule has 0 aliphatic rings. The fourth-order valence-corrected chi connectivity index (χ4v) is 3.94. The molecule has 3 aromatic carbocycles. The first-order valence-electron chi connectivity index (χ1n) is 10.6. The molecule has 0 atom stereocenters. The number of carbonyl (C=O) groups is 1.